The molecule has 0 radical (unpaired) electrons. The Bertz CT molecular complexity index is 870. The van der Waals surface area contributed by atoms with Gasteiger partial charge in [0.25, 0.3) is 5.89 Å². The molecule has 1 saturated heterocycles. The second kappa shape index (κ2) is 5.82. The molecule has 1 fully saturated rings. The van der Waals surface area contributed by atoms with Crippen molar-refractivity contribution < 1.29 is 8.94 Å². The zero-order valence-electron chi connectivity index (χ0n) is 12.5. The molecule has 3 aromatic rings. The summed E-state index contributed by atoms with van der Waals surface area (Å²) in [5, 5.41) is 17.1. The Balaban J connectivity index is 1.60. The molecule has 0 aromatic carbocycles. The molecule has 116 valence electrons. The topological polar surface area (TPSA) is 101 Å². The van der Waals surface area contributed by atoms with Gasteiger partial charge in [-0.15, -0.1) is 0 Å². The highest BCUT2D eigenvalue weighted by Gasteiger charge is 2.19. The summed E-state index contributed by atoms with van der Waals surface area (Å²) >= 11 is 0. The second-order valence-corrected chi connectivity index (χ2v) is 5.71. The van der Waals surface area contributed by atoms with Crippen molar-refractivity contribution >= 4 is 11.0 Å². The van der Waals surface area contributed by atoms with Crippen LogP contribution in [0.3, 0.4) is 0 Å². The minimum atomic E-state index is 0.326. The largest absolute Gasteiger partial charge is 0.451 e. The maximum Gasteiger partial charge on any atom is 0.293 e. The Labute approximate surface area is 132 Å². The highest BCUT2D eigenvalue weighted by atomic mass is 16.5. The van der Waals surface area contributed by atoms with Gasteiger partial charge >= 0.3 is 0 Å². The summed E-state index contributed by atoms with van der Waals surface area (Å²) in [6, 6.07) is 5.49. The van der Waals surface area contributed by atoms with Crippen molar-refractivity contribution in [2.75, 3.05) is 13.1 Å². The maximum absolute atomic E-state index is 9.09. The van der Waals surface area contributed by atoms with Crippen molar-refractivity contribution in [3.05, 3.63) is 29.8 Å². The molecule has 7 heteroatoms. The van der Waals surface area contributed by atoms with E-state index in [0.717, 1.165) is 32.4 Å². The molecule has 4 rings (SSSR count). The molecule has 0 atom stereocenters. The average molecular weight is 309 g/mol. The lowest BCUT2D eigenvalue weighted by molar-refractivity contribution is 0.356. The van der Waals surface area contributed by atoms with E-state index in [1.165, 1.54) is 0 Å². The molecule has 0 bridgehead atoms. The number of aromatic nitrogens is 3. The third-order valence-electron chi connectivity index (χ3n) is 4.16. The van der Waals surface area contributed by atoms with E-state index in [9.17, 15) is 0 Å². The number of pyridine rings is 1. The predicted molar refractivity (Wildman–Crippen MR) is 81.3 cm³/mol. The Kier molecular flexibility index (Phi) is 3.52. The molecule has 1 aliphatic heterocycles. The zero-order chi connectivity index (χ0) is 15.6. The third-order valence-corrected chi connectivity index (χ3v) is 4.16. The van der Waals surface area contributed by atoms with E-state index in [4.69, 9.17) is 14.2 Å². The van der Waals surface area contributed by atoms with Crippen LogP contribution in [0, 0.1) is 17.2 Å². The Morgan fingerprint density at radius 1 is 1.35 bits per heavy atom. The van der Waals surface area contributed by atoms with Crippen LogP contribution in [0.4, 0.5) is 0 Å². The first-order valence-electron chi connectivity index (χ1n) is 7.66. The lowest BCUT2D eigenvalue weighted by atomic mass is 9.94. The zero-order valence-corrected chi connectivity index (χ0v) is 12.5. The number of nitrogens with one attached hydrogen (secondary N) is 1. The summed E-state index contributed by atoms with van der Waals surface area (Å²) in [6.45, 7) is 2.09. The van der Waals surface area contributed by atoms with Crippen LogP contribution in [-0.4, -0.2) is 28.2 Å². The minimum absolute atomic E-state index is 0.326. The molecular formula is C16H15N5O2. The predicted octanol–water partition coefficient (Wildman–Crippen LogP) is 2.29. The normalized spacial score (nSPS) is 15.8. The number of hydrogen-bond acceptors (Lipinski definition) is 7. The van der Waals surface area contributed by atoms with E-state index in [1.807, 2.05) is 0 Å². The molecule has 3 aromatic heterocycles. The molecule has 0 aliphatic carbocycles. The first kappa shape index (κ1) is 13.9. The van der Waals surface area contributed by atoms with E-state index < -0.39 is 0 Å². The van der Waals surface area contributed by atoms with Gasteiger partial charge in [-0.2, -0.15) is 10.2 Å². The average Bonchev–Trinajstić information content (AvgIpc) is 3.21. The van der Waals surface area contributed by atoms with Crippen LogP contribution in [0.1, 0.15) is 24.4 Å². The van der Waals surface area contributed by atoms with E-state index in [0.29, 0.717) is 40.1 Å². The van der Waals surface area contributed by atoms with Gasteiger partial charge < -0.3 is 14.3 Å². The SMILES string of the molecule is N#Cc1nccc2oc(-c3nc(CC4CCNCC4)no3)cc12. The van der Waals surface area contributed by atoms with E-state index in [2.05, 4.69) is 26.5 Å². The molecule has 4 heterocycles. The summed E-state index contributed by atoms with van der Waals surface area (Å²) < 4.78 is 11.0. The van der Waals surface area contributed by atoms with Crippen LogP contribution in [0.15, 0.2) is 27.3 Å². The maximum atomic E-state index is 9.09. The summed E-state index contributed by atoms with van der Waals surface area (Å²) in [5.74, 6) is 2.10. The first-order chi connectivity index (χ1) is 11.3. The standard InChI is InChI=1S/C16H15N5O2/c17-9-12-11-8-14(22-13(11)3-6-19-12)16-20-15(21-23-16)7-10-1-4-18-5-2-10/h3,6,8,10,18H,1-2,4-5,7H2. The monoisotopic (exact) mass is 309 g/mol. The lowest BCUT2D eigenvalue weighted by Crippen LogP contribution is -2.28. The number of nitriles is 1. The molecule has 1 N–H and O–H groups in total. The molecule has 7 nitrogen and oxygen atoms in total. The van der Waals surface area contributed by atoms with Crippen molar-refractivity contribution in [1.29, 1.82) is 5.26 Å². The fraction of sp³-hybridized carbons (Fsp3) is 0.375. The van der Waals surface area contributed by atoms with Crippen molar-refractivity contribution in [3.8, 4) is 17.7 Å². The summed E-state index contributed by atoms with van der Waals surface area (Å²) in [6.07, 6.45) is 4.62. The second-order valence-electron chi connectivity index (χ2n) is 5.71. The molecule has 1 aliphatic rings. The molecule has 23 heavy (non-hydrogen) atoms. The van der Waals surface area contributed by atoms with E-state index >= 15 is 0 Å². The van der Waals surface area contributed by atoms with Gasteiger partial charge in [-0.25, -0.2) is 4.98 Å². The molecule has 0 saturated carbocycles. The third kappa shape index (κ3) is 2.69. The Morgan fingerprint density at radius 2 is 2.22 bits per heavy atom. The van der Waals surface area contributed by atoms with Gasteiger partial charge in [0, 0.05) is 18.7 Å². The van der Waals surface area contributed by atoms with Crippen LogP contribution in [0.5, 0.6) is 0 Å². The Morgan fingerprint density at radius 3 is 3.04 bits per heavy atom. The molecular weight excluding hydrogens is 294 g/mol. The fourth-order valence-electron chi connectivity index (χ4n) is 2.94. The van der Waals surface area contributed by atoms with Crippen LogP contribution in [-0.2, 0) is 6.42 Å². The van der Waals surface area contributed by atoms with Crippen molar-refractivity contribution in [3.63, 3.8) is 0 Å². The molecule has 0 unspecified atom stereocenters. The number of nitrogens with zero attached hydrogens (tertiary/aromatic N) is 4. The van der Waals surface area contributed by atoms with Crippen LogP contribution < -0.4 is 5.32 Å². The van der Waals surface area contributed by atoms with Gasteiger partial charge in [0.05, 0.1) is 5.39 Å². The number of piperidine rings is 1. The number of fused-ring (bicyclic) bond motifs is 1. The quantitative estimate of drug-likeness (QED) is 0.792. The van der Waals surface area contributed by atoms with Gasteiger partial charge in [0.15, 0.2) is 17.3 Å². The van der Waals surface area contributed by atoms with Crippen molar-refractivity contribution in [2.45, 2.75) is 19.3 Å². The van der Waals surface area contributed by atoms with E-state index in [-0.39, 0.29) is 0 Å². The van der Waals surface area contributed by atoms with Gasteiger partial charge in [0.2, 0.25) is 0 Å². The van der Waals surface area contributed by atoms with Crippen LogP contribution in [0.25, 0.3) is 22.6 Å². The molecule has 0 amide bonds. The number of furan rings is 1. The summed E-state index contributed by atoms with van der Waals surface area (Å²) in [7, 11) is 0. The van der Waals surface area contributed by atoms with E-state index in [1.54, 1.807) is 18.3 Å². The van der Waals surface area contributed by atoms with Crippen molar-refractivity contribution in [2.24, 2.45) is 5.92 Å². The highest BCUT2D eigenvalue weighted by Crippen LogP contribution is 2.28. The van der Waals surface area contributed by atoms with Crippen LogP contribution in [0.2, 0.25) is 0 Å². The number of rotatable bonds is 3. The minimum Gasteiger partial charge on any atom is -0.451 e. The summed E-state index contributed by atoms with van der Waals surface area (Å²) in [5.41, 5.74) is 0.914. The highest BCUT2D eigenvalue weighted by molar-refractivity contribution is 5.85. The molecule has 0 spiro atoms. The first-order valence-corrected chi connectivity index (χ1v) is 7.66. The Hall–Kier alpha value is -2.72. The van der Waals surface area contributed by atoms with Gasteiger partial charge in [0.1, 0.15) is 11.7 Å². The van der Waals surface area contributed by atoms with Gasteiger partial charge in [-0.1, -0.05) is 5.16 Å². The lowest BCUT2D eigenvalue weighted by Gasteiger charge is -2.20. The van der Waals surface area contributed by atoms with Gasteiger partial charge in [-0.05, 0) is 37.9 Å². The van der Waals surface area contributed by atoms with Crippen LogP contribution >= 0.6 is 0 Å². The fourth-order valence-corrected chi connectivity index (χ4v) is 2.94. The van der Waals surface area contributed by atoms with Gasteiger partial charge in [-0.3, -0.25) is 0 Å². The smallest absolute Gasteiger partial charge is 0.293 e. The number of hydrogen-bond donors (Lipinski definition) is 1. The van der Waals surface area contributed by atoms with Crippen molar-refractivity contribution in [1.82, 2.24) is 20.4 Å². The summed E-state index contributed by atoms with van der Waals surface area (Å²) in [4.78, 5) is 8.45.